The molecule has 0 saturated heterocycles. The van der Waals surface area contributed by atoms with Crippen LogP contribution in [0.1, 0.15) is 29.7 Å². The number of rotatable bonds is 3. The smallest absolute Gasteiger partial charge is 0.132 e. The molecular weight excluding hydrogens is 241 g/mol. The molecule has 0 spiro atoms. The average Bonchev–Trinajstić information content (AvgIpc) is 2.35. The molecule has 0 radical (unpaired) electrons. The summed E-state index contributed by atoms with van der Waals surface area (Å²) in [6, 6.07) is 10.1. The maximum atomic E-state index is 13.3. The Morgan fingerprint density at radius 2 is 1.79 bits per heavy atom. The second-order valence-electron chi connectivity index (χ2n) is 4.84. The molecule has 19 heavy (non-hydrogen) atoms. The molecule has 0 saturated carbocycles. The van der Waals surface area contributed by atoms with Crippen LogP contribution < -0.4 is 10.5 Å². The van der Waals surface area contributed by atoms with Crippen LogP contribution in [0, 0.1) is 19.7 Å². The zero-order valence-electron chi connectivity index (χ0n) is 11.4. The summed E-state index contributed by atoms with van der Waals surface area (Å²) in [6.45, 7) is 5.79. The molecule has 2 aromatic carbocycles. The van der Waals surface area contributed by atoms with E-state index in [1.165, 1.54) is 12.1 Å². The van der Waals surface area contributed by atoms with Crippen molar-refractivity contribution in [1.29, 1.82) is 0 Å². The third-order valence-corrected chi connectivity index (χ3v) is 3.03. The summed E-state index contributed by atoms with van der Waals surface area (Å²) in [6.07, 6.45) is 0. The molecule has 2 aromatic rings. The van der Waals surface area contributed by atoms with Crippen molar-refractivity contribution in [3.8, 4) is 11.5 Å². The minimum Gasteiger partial charge on any atom is -0.457 e. The lowest BCUT2D eigenvalue weighted by atomic mass is 10.1. The van der Waals surface area contributed by atoms with E-state index in [9.17, 15) is 4.39 Å². The number of hydrogen-bond acceptors (Lipinski definition) is 2. The van der Waals surface area contributed by atoms with Gasteiger partial charge in [-0.05, 0) is 56.2 Å². The van der Waals surface area contributed by atoms with Gasteiger partial charge in [-0.2, -0.15) is 0 Å². The summed E-state index contributed by atoms with van der Waals surface area (Å²) in [4.78, 5) is 0. The first-order valence-corrected chi connectivity index (χ1v) is 6.27. The predicted molar refractivity (Wildman–Crippen MR) is 75.0 cm³/mol. The van der Waals surface area contributed by atoms with Crippen molar-refractivity contribution in [1.82, 2.24) is 0 Å². The lowest BCUT2D eigenvalue weighted by Crippen LogP contribution is -2.07. The van der Waals surface area contributed by atoms with E-state index >= 15 is 0 Å². The highest BCUT2D eigenvalue weighted by Gasteiger charge is 2.11. The lowest BCUT2D eigenvalue weighted by Gasteiger charge is -2.15. The molecule has 0 fully saturated rings. The molecule has 3 heteroatoms. The van der Waals surface area contributed by atoms with Crippen LogP contribution in [-0.2, 0) is 0 Å². The van der Waals surface area contributed by atoms with E-state index in [0.29, 0.717) is 11.3 Å². The first-order chi connectivity index (χ1) is 8.97. The maximum absolute atomic E-state index is 13.3. The normalized spacial score (nSPS) is 12.3. The van der Waals surface area contributed by atoms with E-state index < -0.39 is 0 Å². The Hall–Kier alpha value is -1.87. The van der Waals surface area contributed by atoms with E-state index in [1.807, 2.05) is 39.0 Å². The van der Waals surface area contributed by atoms with Crippen molar-refractivity contribution in [3.05, 3.63) is 58.9 Å². The second kappa shape index (κ2) is 5.41. The Bertz CT molecular complexity index is 593. The Labute approximate surface area is 113 Å². The van der Waals surface area contributed by atoms with Gasteiger partial charge in [0.15, 0.2) is 0 Å². The van der Waals surface area contributed by atoms with Gasteiger partial charge in [-0.1, -0.05) is 12.1 Å². The highest BCUT2D eigenvalue weighted by atomic mass is 19.1. The minimum atomic E-state index is -0.305. The SMILES string of the molecule is Cc1ccc(C)c(Oc2ccc(F)cc2C(C)N)c1. The Kier molecular flexibility index (Phi) is 3.86. The molecule has 2 nitrogen and oxygen atoms in total. The van der Waals surface area contributed by atoms with Crippen LogP contribution in [0.2, 0.25) is 0 Å². The highest BCUT2D eigenvalue weighted by molar-refractivity contribution is 5.43. The molecule has 0 aliphatic rings. The van der Waals surface area contributed by atoms with Crippen molar-refractivity contribution in [3.63, 3.8) is 0 Å². The van der Waals surface area contributed by atoms with Crippen molar-refractivity contribution >= 4 is 0 Å². The van der Waals surface area contributed by atoms with Gasteiger partial charge in [-0.25, -0.2) is 4.39 Å². The van der Waals surface area contributed by atoms with E-state index in [2.05, 4.69) is 0 Å². The summed E-state index contributed by atoms with van der Waals surface area (Å²) in [5, 5.41) is 0. The number of ether oxygens (including phenoxy) is 1. The molecule has 0 bridgehead atoms. The average molecular weight is 259 g/mol. The molecule has 2 N–H and O–H groups in total. The van der Waals surface area contributed by atoms with Crippen molar-refractivity contribution in [2.75, 3.05) is 0 Å². The number of hydrogen-bond donors (Lipinski definition) is 1. The van der Waals surface area contributed by atoms with Crippen LogP contribution in [0.3, 0.4) is 0 Å². The van der Waals surface area contributed by atoms with E-state index in [-0.39, 0.29) is 11.9 Å². The topological polar surface area (TPSA) is 35.2 Å². The van der Waals surface area contributed by atoms with Gasteiger partial charge in [0.25, 0.3) is 0 Å². The molecule has 100 valence electrons. The second-order valence-corrected chi connectivity index (χ2v) is 4.84. The first-order valence-electron chi connectivity index (χ1n) is 6.27. The van der Waals surface area contributed by atoms with Crippen molar-refractivity contribution in [2.45, 2.75) is 26.8 Å². The third kappa shape index (κ3) is 3.12. The summed E-state index contributed by atoms with van der Waals surface area (Å²) in [5.41, 5.74) is 8.67. The van der Waals surface area contributed by atoms with Crippen LogP contribution in [0.25, 0.3) is 0 Å². The zero-order chi connectivity index (χ0) is 14.0. The summed E-state index contributed by atoms with van der Waals surface area (Å²) in [5.74, 6) is 1.07. The van der Waals surface area contributed by atoms with Gasteiger partial charge in [-0.3, -0.25) is 0 Å². The quantitative estimate of drug-likeness (QED) is 0.894. The van der Waals surface area contributed by atoms with Crippen LogP contribution in [-0.4, -0.2) is 0 Å². The summed E-state index contributed by atoms with van der Waals surface area (Å²) in [7, 11) is 0. The molecule has 2 rings (SSSR count). The van der Waals surface area contributed by atoms with Crippen LogP contribution >= 0.6 is 0 Å². The molecule has 0 aromatic heterocycles. The predicted octanol–water partition coefficient (Wildman–Crippen LogP) is 4.25. The molecule has 1 unspecified atom stereocenters. The van der Waals surface area contributed by atoms with Crippen LogP contribution in [0.5, 0.6) is 11.5 Å². The zero-order valence-corrected chi connectivity index (χ0v) is 11.4. The molecule has 0 aliphatic heterocycles. The minimum absolute atomic E-state index is 0.282. The maximum Gasteiger partial charge on any atom is 0.132 e. The monoisotopic (exact) mass is 259 g/mol. The molecular formula is C16H18FNO. The summed E-state index contributed by atoms with van der Waals surface area (Å²) >= 11 is 0. The molecule has 0 heterocycles. The fraction of sp³-hybridized carbons (Fsp3) is 0.250. The van der Waals surface area contributed by atoms with E-state index in [0.717, 1.165) is 16.9 Å². The first kappa shape index (κ1) is 13.6. The van der Waals surface area contributed by atoms with Gasteiger partial charge in [0.2, 0.25) is 0 Å². The van der Waals surface area contributed by atoms with Gasteiger partial charge in [0, 0.05) is 11.6 Å². The van der Waals surface area contributed by atoms with E-state index in [1.54, 1.807) is 6.07 Å². The Morgan fingerprint density at radius 1 is 1.05 bits per heavy atom. The molecule has 0 aliphatic carbocycles. The van der Waals surface area contributed by atoms with Gasteiger partial charge in [0.05, 0.1) is 0 Å². The lowest BCUT2D eigenvalue weighted by molar-refractivity contribution is 0.465. The fourth-order valence-electron chi connectivity index (χ4n) is 1.90. The van der Waals surface area contributed by atoms with E-state index in [4.69, 9.17) is 10.5 Å². The largest absolute Gasteiger partial charge is 0.457 e. The van der Waals surface area contributed by atoms with Gasteiger partial charge in [-0.15, -0.1) is 0 Å². The molecule has 0 amide bonds. The van der Waals surface area contributed by atoms with Crippen LogP contribution in [0.4, 0.5) is 4.39 Å². The number of halogens is 1. The van der Waals surface area contributed by atoms with Gasteiger partial charge < -0.3 is 10.5 Å². The highest BCUT2D eigenvalue weighted by Crippen LogP contribution is 2.31. The Balaban J connectivity index is 2.40. The fourth-order valence-corrected chi connectivity index (χ4v) is 1.90. The third-order valence-electron chi connectivity index (χ3n) is 3.03. The molecule has 1 atom stereocenters. The van der Waals surface area contributed by atoms with Gasteiger partial charge in [0.1, 0.15) is 17.3 Å². The standard InChI is InChI=1S/C16H18FNO/c1-10-4-5-11(2)16(8-10)19-15-7-6-13(17)9-14(15)12(3)18/h4-9,12H,18H2,1-3H3. The number of nitrogens with two attached hydrogens (primary N) is 1. The Morgan fingerprint density at radius 3 is 2.47 bits per heavy atom. The summed E-state index contributed by atoms with van der Waals surface area (Å²) < 4.78 is 19.2. The number of benzene rings is 2. The van der Waals surface area contributed by atoms with Crippen molar-refractivity contribution in [2.24, 2.45) is 5.73 Å². The van der Waals surface area contributed by atoms with Crippen molar-refractivity contribution < 1.29 is 9.13 Å². The van der Waals surface area contributed by atoms with Gasteiger partial charge >= 0.3 is 0 Å². The van der Waals surface area contributed by atoms with Crippen LogP contribution in [0.15, 0.2) is 36.4 Å². The number of aryl methyl sites for hydroxylation is 2.